The SMILES string of the molecule is Cc1cc(F)c(-c2cncc(C(=O)O)c2)cc1F. The number of aromatic nitrogens is 1. The molecule has 0 saturated heterocycles. The van der Waals surface area contributed by atoms with Crippen LogP contribution >= 0.6 is 0 Å². The summed E-state index contributed by atoms with van der Waals surface area (Å²) in [5.41, 5.74) is 0.339. The molecule has 1 aromatic carbocycles. The summed E-state index contributed by atoms with van der Waals surface area (Å²) >= 11 is 0. The summed E-state index contributed by atoms with van der Waals surface area (Å²) in [5.74, 6) is -2.33. The van der Waals surface area contributed by atoms with E-state index < -0.39 is 17.6 Å². The highest BCUT2D eigenvalue weighted by Gasteiger charge is 2.12. The molecule has 0 radical (unpaired) electrons. The number of hydrogen-bond acceptors (Lipinski definition) is 2. The zero-order valence-corrected chi connectivity index (χ0v) is 9.45. The highest BCUT2D eigenvalue weighted by molar-refractivity contribution is 5.88. The molecule has 2 rings (SSSR count). The summed E-state index contributed by atoms with van der Waals surface area (Å²) in [6.07, 6.45) is 2.44. The molecule has 0 aliphatic heterocycles. The van der Waals surface area contributed by atoms with Gasteiger partial charge in [0.2, 0.25) is 0 Å². The Hall–Kier alpha value is -2.30. The van der Waals surface area contributed by atoms with E-state index in [9.17, 15) is 13.6 Å². The quantitative estimate of drug-likeness (QED) is 0.889. The predicted octanol–water partition coefficient (Wildman–Crippen LogP) is 3.03. The van der Waals surface area contributed by atoms with E-state index in [2.05, 4.69) is 4.98 Å². The summed E-state index contributed by atoms with van der Waals surface area (Å²) in [7, 11) is 0. The van der Waals surface area contributed by atoms with Gasteiger partial charge in [0.25, 0.3) is 0 Å². The number of carboxylic acids is 1. The summed E-state index contributed by atoms with van der Waals surface area (Å²) in [6.45, 7) is 1.45. The van der Waals surface area contributed by atoms with Crippen LogP contribution in [0.3, 0.4) is 0 Å². The van der Waals surface area contributed by atoms with Gasteiger partial charge in [0, 0.05) is 23.5 Å². The number of aromatic carboxylic acids is 1. The van der Waals surface area contributed by atoms with Crippen LogP contribution in [0.2, 0.25) is 0 Å². The van der Waals surface area contributed by atoms with Crippen LogP contribution in [0, 0.1) is 18.6 Å². The van der Waals surface area contributed by atoms with Crippen LogP contribution in [0.4, 0.5) is 8.78 Å². The van der Waals surface area contributed by atoms with Crippen molar-refractivity contribution < 1.29 is 18.7 Å². The number of benzene rings is 1. The third-order valence-electron chi connectivity index (χ3n) is 2.54. The molecule has 1 aromatic heterocycles. The molecule has 5 heteroatoms. The first-order valence-electron chi connectivity index (χ1n) is 5.13. The Bertz CT molecular complexity index is 626. The summed E-state index contributed by atoms with van der Waals surface area (Å²) < 4.78 is 27.1. The maximum atomic E-state index is 13.7. The minimum absolute atomic E-state index is 0.00583. The maximum Gasteiger partial charge on any atom is 0.337 e. The van der Waals surface area contributed by atoms with Crippen LogP contribution in [0.25, 0.3) is 11.1 Å². The number of aryl methyl sites for hydroxylation is 1. The zero-order valence-electron chi connectivity index (χ0n) is 9.45. The largest absolute Gasteiger partial charge is 0.478 e. The molecule has 0 amide bonds. The number of carboxylic acid groups (broad SMARTS) is 1. The van der Waals surface area contributed by atoms with Gasteiger partial charge in [0.15, 0.2) is 0 Å². The molecule has 0 fully saturated rings. The van der Waals surface area contributed by atoms with E-state index in [1.807, 2.05) is 0 Å². The molecule has 0 atom stereocenters. The van der Waals surface area contributed by atoms with E-state index >= 15 is 0 Å². The molecular formula is C13H9F2NO2. The van der Waals surface area contributed by atoms with Crippen molar-refractivity contribution in [2.75, 3.05) is 0 Å². The fourth-order valence-corrected chi connectivity index (χ4v) is 1.57. The highest BCUT2D eigenvalue weighted by atomic mass is 19.1. The molecule has 0 aliphatic carbocycles. The van der Waals surface area contributed by atoms with E-state index in [-0.39, 0.29) is 22.3 Å². The van der Waals surface area contributed by atoms with Gasteiger partial charge in [0.05, 0.1) is 5.56 Å². The van der Waals surface area contributed by atoms with E-state index in [0.717, 1.165) is 18.3 Å². The van der Waals surface area contributed by atoms with Gasteiger partial charge in [-0.2, -0.15) is 0 Å². The Morgan fingerprint density at radius 1 is 1.17 bits per heavy atom. The van der Waals surface area contributed by atoms with Crippen molar-refractivity contribution in [2.45, 2.75) is 6.92 Å². The van der Waals surface area contributed by atoms with Crippen molar-refractivity contribution in [3.8, 4) is 11.1 Å². The third-order valence-corrected chi connectivity index (χ3v) is 2.54. The van der Waals surface area contributed by atoms with Crippen LogP contribution in [-0.2, 0) is 0 Å². The second-order valence-electron chi connectivity index (χ2n) is 3.85. The topological polar surface area (TPSA) is 50.2 Å². The Morgan fingerprint density at radius 2 is 1.89 bits per heavy atom. The van der Waals surface area contributed by atoms with Gasteiger partial charge in [-0.15, -0.1) is 0 Å². The van der Waals surface area contributed by atoms with E-state index in [1.54, 1.807) is 0 Å². The first kappa shape index (κ1) is 12.2. The number of rotatable bonds is 2. The summed E-state index contributed by atoms with van der Waals surface area (Å²) in [6, 6.07) is 3.36. The molecule has 92 valence electrons. The van der Waals surface area contributed by atoms with Crippen LogP contribution in [0.15, 0.2) is 30.6 Å². The van der Waals surface area contributed by atoms with E-state index in [0.29, 0.717) is 0 Å². The second kappa shape index (κ2) is 4.52. The lowest BCUT2D eigenvalue weighted by atomic mass is 10.0. The molecule has 0 unspecified atom stereocenters. The van der Waals surface area contributed by atoms with Gasteiger partial charge < -0.3 is 5.11 Å². The van der Waals surface area contributed by atoms with Crippen LogP contribution in [0.5, 0.6) is 0 Å². The Balaban J connectivity index is 2.58. The molecule has 2 aromatic rings. The standard InChI is InChI=1S/C13H9F2NO2/c1-7-2-12(15)10(4-11(7)14)8-3-9(13(17)18)6-16-5-8/h2-6H,1H3,(H,17,18). The highest BCUT2D eigenvalue weighted by Crippen LogP contribution is 2.25. The summed E-state index contributed by atoms with van der Waals surface area (Å²) in [5, 5.41) is 8.82. The smallest absolute Gasteiger partial charge is 0.337 e. The van der Waals surface area contributed by atoms with E-state index in [4.69, 9.17) is 5.11 Å². The second-order valence-corrected chi connectivity index (χ2v) is 3.85. The van der Waals surface area contributed by atoms with Gasteiger partial charge in [-0.05, 0) is 30.7 Å². The van der Waals surface area contributed by atoms with Crippen LogP contribution < -0.4 is 0 Å². The van der Waals surface area contributed by atoms with Gasteiger partial charge in [0.1, 0.15) is 11.6 Å². The first-order valence-corrected chi connectivity index (χ1v) is 5.13. The Morgan fingerprint density at radius 3 is 2.56 bits per heavy atom. The molecule has 0 saturated carbocycles. The van der Waals surface area contributed by atoms with Crippen molar-refractivity contribution in [3.05, 3.63) is 53.4 Å². The first-order chi connectivity index (χ1) is 8.49. The van der Waals surface area contributed by atoms with Crippen molar-refractivity contribution in [2.24, 2.45) is 0 Å². The maximum absolute atomic E-state index is 13.7. The van der Waals surface area contributed by atoms with Crippen LogP contribution in [0.1, 0.15) is 15.9 Å². The minimum Gasteiger partial charge on any atom is -0.478 e. The normalized spacial score (nSPS) is 10.4. The minimum atomic E-state index is -1.17. The fraction of sp³-hybridized carbons (Fsp3) is 0.0769. The predicted molar refractivity (Wildman–Crippen MR) is 61.3 cm³/mol. The van der Waals surface area contributed by atoms with Gasteiger partial charge in [-0.25, -0.2) is 13.6 Å². The molecule has 0 spiro atoms. The van der Waals surface area contributed by atoms with E-state index in [1.165, 1.54) is 19.2 Å². The zero-order chi connectivity index (χ0) is 13.3. The Labute approximate surface area is 102 Å². The number of nitrogens with zero attached hydrogens (tertiary/aromatic N) is 1. The molecule has 1 heterocycles. The molecule has 0 aliphatic rings. The van der Waals surface area contributed by atoms with Crippen molar-refractivity contribution in [1.82, 2.24) is 4.98 Å². The van der Waals surface area contributed by atoms with Crippen molar-refractivity contribution >= 4 is 5.97 Å². The average Bonchev–Trinajstić information content (AvgIpc) is 2.34. The summed E-state index contributed by atoms with van der Waals surface area (Å²) in [4.78, 5) is 14.5. The van der Waals surface area contributed by atoms with Gasteiger partial charge in [-0.3, -0.25) is 4.98 Å². The fourth-order valence-electron chi connectivity index (χ4n) is 1.57. The van der Waals surface area contributed by atoms with Crippen molar-refractivity contribution in [1.29, 1.82) is 0 Å². The molecule has 18 heavy (non-hydrogen) atoms. The lowest BCUT2D eigenvalue weighted by molar-refractivity contribution is 0.0696. The number of pyridine rings is 1. The number of carbonyl (C=O) groups is 1. The lowest BCUT2D eigenvalue weighted by Crippen LogP contribution is -1.98. The van der Waals surface area contributed by atoms with Crippen LogP contribution in [-0.4, -0.2) is 16.1 Å². The third kappa shape index (κ3) is 2.20. The van der Waals surface area contributed by atoms with Crippen molar-refractivity contribution in [3.63, 3.8) is 0 Å². The molecule has 1 N–H and O–H groups in total. The lowest BCUT2D eigenvalue weighted by Gasteiger charge is -2.06. The van der Waals surface area contributed by atoms with Gasteiger partial charge in [-0.1, -0.05) is 0 Å². The number of halogens is 2. The molecular weight excluding hydrogens is 240 g/mol. The average molecular weight is 249 g/mol. The van der Waals surface area contributed by atoms with Gasteiger partial charge >= 0.3 is 5.97 Å². The number of hydrogen-bond donors (Lipinski definition) is 1. The molecule has 0 bridgehead atoms. The monoisotopic (exact) mass is 249 g/mol. The Kier molecular flexibility index (Phi) is 3.06. The molecule has 3 nitrogen and oxygen atoms in total.